The summed E-state index contributed by atoms with van der Waals surface area (Å²) in [5, 5.41) is 40.0. The van der Waals surface area contributed by atoms with E-state index in [1.807, 2.05) is 0 Å². The van der Waals surface area contributed by atoms with E-state index >= 15 is 0 Å². The van der Waals surface area contributed by atoms with Crippen molar-refractivity contribution in [2.45, 2.75) is 59.8 Å². The predicted molar refractivity (Wildman–Crippen MR) is 134 cm³/mol. The number of ether oxygens (including phenoxy) is 2. The van der Waals surface area contributed by atoms with Crippen molar-refractivity contribution in [3.05, 3.63) is 12.7 Å². The molecule has 0 aliphatic carbocycles. The molecule has 0 radical (unpaired) electrons. The van der Waals surface area contributed by atoms with Crippen LogP contribution in [-0.2, 0) is 9.47 Å². The highest BCUT2D eigenvalue weighted by molar-refractivity contribution is 8.76. The number of aromatic nitrogens is 8. The highest BCUT2D eigenvalue weighted by Crippen LogP contribution is 2.42. The molecule has 0 bridgehead atoms. The molecule has 18 heteroatoms. The van der Waals surface area contributed by atoms with Gasteiger partial charge < -0.3 is 41.4 Å². The minimum absolute atomic E-state index is 0.0200. The Morgan fingerprint density at radius 1 is 0.763 bits per heavy atom. The fourth-order valence-corrected chi connectivity index (χ4v) is 6.57. The van der Waals surface area contributed by atoms with Crippen LogP contribution in [0, 0.1) is 0 Å². The molecule has 0 saturated carbocycles. The molecule has 6 heterocycles. The van der Waals surface area contributed by atoms with Gasteiger partial charge in [0, 0.05) is 12.8 Å². The number of nitrogens with zero attached hydrogens (tertiary/aromatic N) is 8. The van der Waals surface area contributed by atoms with Crippen molar-refractivity contribution in [3.8, 4) is 0 Å². The maximum atomic E-state index is 10.1. The minimum Gasteiger partial charge on any atom is -0.394 e. The molecule has 8 N–H and O–H groups in total. The standard InChI is InChI=1S/C20H24N10O6S2/c21-19-25-15-13(23-5-29(15)11-1-7(33)9(3-31)35-11)17(27-19)37-38-18-14-16(26-20(22)28-18)30(6-24-14)12-2-8(34)10(4-32)36-12/h5-12,31-34H,1-4H2,(H2,21,25,27)(H2,22,26,28)/t7-,8-,9+,10+,11+,12+/m0/s1. The Morgan fingerprint density at radius 3 is 1.55 bits per heavy atom. The van der Waals surface area contributed by atoms with Gasteiger partial charge in [-0.25, -0.2) is 19.9 Å². The van der Waals surface area contributed by atoms with Crippen molar-refractivity contribution in [3.63, 3.8) is 0 Å². The topological polar surface area (TPSA) is 239 Å². The SMILES string of the molecule is Nc1nc(SSc2nc(N)nc3c2ncn3[C@H]2C[C@H](O)[C@@H](CO)O2)c2ncn([C@H]3C[C@H](O)[C@@H](CO)O3)c2n1. The summed E-state index contributed by atoms with van der Waals surface area (Å²) in [6.07, 6.45) is -0.575. The van der Waals surface area contributed by atoms with Crippen LogP contribution in [0.4, 0.5) is 11.9 Å². The molecule has 6 atom stereocenters. The van der Waals surface area contributed by atoms with Gasteiger partial charge in [-0.3, -0.25) is 9.13 Å². The second kappa shape index (κ2) is 10.0. The Hall–Kier alpha value is -2.84. The predicted octanol–water partition coefficient (Wildman–Crippen LogP) is -0.789. The molecule has 0 amide bonds. The molecule has 4 aromatic heterocycles. The second-order valence-electron chi connectivity index (χ2n) is 8.82. The zero-order chi connectivity index (χ0) is 26.6. The number of aliphatic hydroxyl groups excluding tert-OH is 4. The molecule has 6 rings (SSSR count). The Balaban J connectivity index is 1.28. The largest absolute Gasteiger partial charge is 0.394 e. The van der Waals surface area contributed by atoms with Crippen LogP contribution in [0.5, 0.6) is 0 Å². The highest BCUT2D eigenvalue weighted by atomic mass is 33.1. The molecule has 2 saturated heterocycles. The molecule has 0 unspecified atom stereocenters. The molecule has 2 aliphatic heterocycles. The van der Waals surface area contributed by atoms with Crippen molar-refractivity contribution >= 4 is 55.8 Å². The first-order valence-electron chi connectivity index (χ1n) is 11.6. The molecular weight excluding hydrogens is 540 g/mol. The molecule has 2 aliphatic rings. The lowest BCUT2D eigenvalue weighted by atomic mass is 10.2. The number of anilines is 2. The lowest BCUT2D eigenvalue weighted by molar-refractivity contribution is -0.0432. The van der Waals surface area contributed by atoms with Crippen LogP contribution in [0.1, 0.15) is 25.3 Å². The van der Waals surface area contributed by atoms with E-state index in [4.69, 9.17) is 20.9 Å². The lowest BCUT2D eigenvalue weighted by Gasteiger charge is -2.14. The van der Waals surface area contributed by atoms with Gasteiger partial charge in [0.05, 0.1) is 38.1 Å². The summed E-state index contributed by atoms with van der Waals surface area (Å²) in [6, 6.07) is 0. The van der Waals surface area contributed by atoms with E-state index < -0.39 is 36.9 Å². The number of rotatable bonds is 7. The van der Waals surface area contributed by atoms with Crippen molar-refractivity contribution in [1.29, 1.82) is 0 Å². The summed E-state index contributed by atoms with van der Waals surface area (Å²) in [5.41, 5.74) is 13.8. The summed E-state index contributed by atoms with van der Waals surface area (Å²) >= 11 is 0. The van der Waals surface area contributed by atoms with Gasteiger partial charge in [-0.2, -0.15) is 9.97 Å². The number of imidazole rings is 2. The van der Waals surface area contributed by atoms with Crippen LogP contribution in [0.15, 0.2) is 22.7 Å². The van der Waals surface area contributed by atoms with Gasteiger partial charge in [0.1, 0.15) is 45.7 Å². The van der Waals surface area contributed by atoms with Crippen molar-refractivity contribution in [2.75, 3.05) is 24.7 Å². The summed E-state index contributed by atoms with van der Waals surface area (Å²) in [4.78, 5) is 26.2. The van der Waals surface area contributed by atoms with Crippen molar-refractivity contribution in [2.24, 2.45) is 0 Å². The van der Waals surface area contributed by atoms with E-state index in [9.17, 15) is 20.4 Å². The van der Waals surface area contributed by atoms with Crippen LogP contribution < -0.4 is 11.5 Å². The fraction of sp³-hybridized carbons (Fsp3) is 0.500. The Morgan fingerprint density at radius 2 is 1.18 bits per heavy atom. The van der Waals surface area contributed by atoms with E-state index in [2.05, 4.69) is 29.9 Å². The monoisotopic (exact) mass is 564 g/mol. The van der Waals surface area contributed by atoms with Crippen LogP contribution in [-0.4, -0.2) is 97.1 Å². The first-order chi connectivity index (χ1) is 18.4. The average molecular weight is 565 g/mol. The van der Waals surface area contributed by atoms with Crippen LogP contribution in [0.25, 0.3) is 22.3 Å². The Kier molecular flexibility index (Phi) is 6.72. The number of fused-ring (bicyclic) bond motifs is 2. The molecule has 0 spiro atoms. The molecule has 202 valence electrons. The maximum Gasteiger partial charge on any atom is 0.223 e. The van der Waals surface area contributed by atoms with E-state index in [1.54, 1.807) is 9.13 Å². The first-order valence-corrected chi connectivity index (χ1v) is 13.7. The van der Waals surface area contributed by atoms with Crippen LogP contribution >= 0.6 is 21.6 Å². The molecule has 16 nitrogen and oxygen atoms in total. The fourth-order valence-electron chi connectivity index (χ4n) is 4.53. The molecule has 4 aromatic rings. The zero-order valence-electron chi connectivity index (χ0n) is 19.6. The summed E-state index contributed by atoms with van der Waals surface area (Å²) in [6.45, 7) is -0.609. The van der Waals surface area contributed by atoms with Gasteiger partial charge in [-0.15, -0.1) is 0 Å². The molecule has 38 heavy (non-hydrogen) atoms. The van der Waals surface area contributed by atoms with Gasteiger partial charge >= 0.3 is 0 Å². The summed E-state index contributed by atoms with van der Waals surface area (Å²) in [5.74, 6) is 0.0400. The van der Waals surface area contributed by atoms with E-state index in [0.717, 1.165) is 0 Å². The number of hydrogen-bond acceptors (Lipinski definition) is 16. The molecular formula is C20H24N10O6S2. The Bertz CT molecular complexity index is 1380. The minimum atomic E-state index is -0.816. The Labute approximate surface area is 221 Å². The van der Waals surface area contributed by atoms with Gasteiger partial charge in [0.15, 0.2) is 11.3 Å². The average Bonchev–Trinajstić information content (AvgIpc) is 3.66. The normalized spacial score (nSPS) is 27.7. The third-order valence-corrected chi connectivity index (χ3v) is 8.57. The van der Waals surface area contributed by atoms with E-state index in [1.165, 1.54) is 34.2 Å². The quantitative estimate of drug-likeness (QED) is 0.119. The molecule has 0 aromatic carbocycles. The number of nitrogen functional groups attached to an aromatic ring is 2. The van der Waals surface area contributed by atoms with E-state index in [-0.39, 0.29) is 38.0 Å². The van der Waals surface area contributed by atoms with Gasteiger partial charge in [0.25, 0.3) is 0 Å². The zero-order valence-corrected chi connectivity index (χ0v) is 21.2. The van der Waals surface area contributed by atoms with Crippen LogP contribution in [0.3, 0.4) is 0 Å². The summed E-state index contributed by atoms with van der Waals surface area (Å²) in [7, 11) is 2.46. The number of aliphatic hydroxyl groups is 4. The van der Waals surface area contributed by atoms with Gasteiger partial charge in [0.2, 0.25) is 11.9 Å². The second-order valence-corrected chi connectivity index (χ2v) is 10.9. The smallest absolute Gasteiger partial charge is 0.223 e. The number of nitrogens with two attached hydrogens (primary N) is 2. The van der Waals surface area contributed by atoms with E-state index in [0.29, 0.717) is 32.4 Å². The highest BCUT2D eigenvalue weighted by Gasteiger charge is 2.37. The van der Waals surface area contributed by atoms with Gasteiger partial charge in [-0.05, 0) is 21.6 Å². The maximum absolute atomic E-state index is 10.1. The van der Waals surface area contributed by atoms with Crippen molar-refractivity contribution < 1.29 is 29.9 Å². The number of hydrogen-bond donors (Lipinski definition) is 6. The third-order valence-electron chi connectivity index (χ3n) is 6.40. The molecule has 2 fully saturated rings. The summed E-state index contributed by atoms with van der Waals surface area (Å²) < 4.78 is 14.8. The first kappa shape index (κ1) is 25.4. The third kappa shape index (κ3) is 4.41. The van der Waals surface area contributed by atoms with Crippen molar-refractivity contribution in [1.82, 2.24) is 39.0 Å². The van der Waals surface area contributed by atoms with Crippen LogP contribution in [0.2, 0.25) is 0 Å². The lowest BCUT2D eigenvalue weighted by Crippen LogP contribution is -2.24. The van der Waals surface area contributed by atoms with Gasteiger partial charge in [-0.1, -0.05) is 0 Å².